The maximum Gasteiger partial charge on any atom is 0.211 e. The SMILES string of the molecule is [2H]OC1([2H])C=C[C@H]2[C@@]3([2H])Cc4ccc(OC([2H])([2H])[2H])c5c4[C@@]2(CCN3C)C1([2H])O5. The van der Waals surface area contributed by atoms with Gasteiger partial charge in [-0.1, -0.05) is 18.2 Å². The summed E-state index contributed by atoms with van der Waals surface area (Å²) in [6.45, 7) is 0.495. The third-order valence-electron chi connectivity index (χ3n) is 5.63. The number of likely N-dealkylation sites (tertiary alicyclic amines) is 1. The number of rotatable bonds is 2. The molecular formula is C18H21NO3. The van der Waals surface area contributed by atoms with Gasteiger partial charge in [-0.25, -0.2) is 0 Å². The number of nitrogens with zero attached hydrogens (tertiary/aromatic N) is 1. The molecule has 4 aliphatic rings. The largest absolute Gasteiger partial charge is 0.493 e. The molecule has 1 saturated heterocycles. The molecular weight excluding hydrogens is 278 g/mol. The molecule has 1 aromatic rings. The van der Waals surface area contributed by atoms with E-state index in [1.165, 1.54) is 12.1 Å². The fourth-order valence-corrected chi connectivity index (χ4v) is 4.67. The van der Waals surface area contributed by atoms with Crippen molar-refractivity contribution in [1.29, 1.82) is 1.43 Å². The summed E-state index contributed by atoms with van der Waals surface area (Å²) < 4.78 is 68.4. The highest BCUT2D eigenvalue weighted by Gasteiger charge is 2.64. The van der Waals surface area contributed by atoms with Crippen LogP contribution in [-0.2, 0) is 11.8 Å². The summed E-state index contributed by atoms with van der Waals surface area (Å²) in [5.41, 5.74) is 0.260. The van der Waals surface area contributed by atoms with Crippen LogP contribution in [0.3, 0.4) is 0 Å². The Balaban J connectivity index is 1.84. The molecule has 1 fully saturated rings. The summed E-state index contributed by atoms with van der Waals surface area (Å²) in [6, 6.07) is 2.15. The molecule has 0 radical (unpaired) electrons. The first-order valence-corrected chi connectivity index (χ1v) is 7.51. The van der Waals surface area contributed by atoms with Crippen molar-refractivity contribution in [1.82, 2.24) is 4.90 Å². The van der Waals surface area contributed by atoms with E-state index in [4.69, 9.17) is 21.5 Å². The van der Waals surface area contributed by atoms with Gasteiger partial charge in [0.15, 0.2) is 11.5 Å². The van der Waals surface area contributed by atoms with Gasteiger partial charge in [0.2, 0.25) is 1.43 Å². The molecule has 2 heterocycles. The lowest BCUT2D eigenvalue weighted by Crippen LogP contribution is -2.64. The van der Waals surface area contributed by atoms with Crippen molar-refractivity contribution < 1.29 is 22.8 Å². The molecule has 2 unspecified atom stereocenters. The van der Waals surface area contributed by atoms with Gasteiger partial charge in [-0.05, 0) is 38.1 Å². The van der Waals surface area contributed by atoms with E-state index >= 15 is 0 Å². The monoisotopic (exact) mass is 306 g/mol. The molecule has 116 valence electrons. The Morgan fingerprint density at radius 2 is 2.50 bits per heavy atom. The van der Waals surface area contributed by atoms with Gasteiger partial charge in [0, 0.05) is 24.3 Å². The average molecular weight is 306 g/mol. The van der Waals surface area contributed by atoms with Crippen molar-refractivity contribution in [2.75, 3.05) is 20.6 Å². The standard InChI is InChI=1S/C18H21NO3/c1-19-8-7-18-11-4-5-13(20)17(18)22-16-14(21-2)6-3-10(15(16)18)9-12(11)19/h3-6,11-13,17,20H,7-9H2,1-2H3/t11-,12+,13?,17?,18-/m0/s1/i2D3,12D,13D,17D,20D. The van der Waals surface area contributed by atoms with E-state index in [-0.39, 0.29) is 11.5 Å². The molecule has 1 N–H and O–H groups in total. The van der Waals surface area contributed by atoms with Gasteiger partial charge < -0.3 is 19.5 Å². The third kappa shape index (κ3) is 1.28. The Morgan fingerprint density at radius 1 is 1.55 bits per heavy atom. The van der Waals surface area contributed by atoms with E-state index in [9.17, 15) is 2.74 Å². The van der Waals surface area contributed by atoms with E-state index < -0.39 is 36.5 Å². The van der Waals surface area contributed by atoms with Gasteiger partial charge in [-0.3, -0.25) is 0 Å². The van der Waals surface area contributed by atoms with Crippen molar-refractivity contribution in [2.45, 2.75) is 36.4 Å². The molecule has 5 rings (SSSR count). The molecule has 4 nitrogen and oxygen atoms in total. The lowest BCUT2D eigenvalue weighted by Gasteiger charge is -2.56. The van der Waals surface area contributed by atoms with Crippen molar-refractivity contribution in [2.24, 2.45) is 5.92 Å². The summed E-state index contributed by atoms with van der Waals surface area (Å²) in [5.74, 6) is -0.402. The predicted molar refractivity (Wildman–Crippen MR) is 82.5 cm³/mol. The molecule has 1 spiro atoms. The summed E-state index contributed by atoms with van der Waals surface area (Å²) in [6.07, 6.45) is -0.423. The van der Waals surface area contributed by atoms with E-state index in [0.29, 0.717) is 24.9 Å². The molecule has 1 aromatic carbocycles. The van der Waals surface area contributed by atoms with E-state index in [1.54, 1.807) is 12.1 Å². The average Bonchev–Trinajstić information content (AvgIpc) is 2.91. The van der Waals surface area contributed by atoms with Crippen LogP contribution in [0.4, 0.5) is 0 Å². The smallest absolute Gasteiger partial charge is 0.211 e. The Labute approximate surface area is 140 Å². The molecule has 4 heteroatoms. The third-order valence-corrected chi connectivity index (χ3v) is 5.63. The zero-order valence-corrected chi connectivity index (χ0v) is 12.2. The maximum atomic E-state index is 9.29. The number of hydrogen-bond donors (Lipinski definition) is 1. The van der Waals surface area contributed by atoms with Crippen LogP contribution < -0.4 is 9.47 Å². The topological polar surface area (TPSA) is 41.9 Å². The molecule has 22 heavy (non-hydrogen) atoms. The van der Waals surface area contributed by atoms with Crippen LogP contribution in [0.2, 0.25) is 0 Å². The zero-order chi connectivity index (χ0) is 21.0. The van der Waals surface area contributed by atoms with Crippen LogP contribution >= 0.6 is 0 Å². The first kappa shape index (κ1) is 7.84. The van der Waals surface area contributed by atoms with Crippen LogP contribution in [0.15, 0.2) is 24.3 Å². The van der Waals surface area contributed by atoms with Crippen LogP contribution in [0.5, 0.6) is 11.5 Å². The second-order valence-corrected chi connectivity index (χ2v) is 6.47. The zero-order valence-electron chi connectivity index (χ0n) is 19.2. The van der Waals surface area contributed by atoms with Gasteiger partial charge in [-0.15, -0.1) is 0 Å². The summed E-state index contributed by atoms with van der Waals surface area (Å²) in [7, 11) is -0.840. The number of aliphatic hydroxyl groups is 1. The summed E-state index contributed by atoms with van der Waals surface area (Å²) in [4.78, 5) is 1.94. The quantitative estimate of drug-likeness (QED) is 0.841. The molecule has 2 aliphatic carbocycles. The number of likely N-dealkylation sites (N-methyl/N-ethyl adjacent to an activating group) is 1. The fraction of sp³-hybridized carbons (Fsp3) is 0.556. The first-order valence-electron chi connectivity index (χ1n) is 10.9. The molecule has 0 amide bonds. The van der Waals surface area contributed by atoms with Crippen molar-refractivity contribution >= 4 is 0 Å². The van der Waals surface area contributed by atoms with Gasteiger partial charge in [0.1, 0.15) is 12.2 Å². The van der Waals surface area contributed by atoms with Crippen molar-refractivity contribution in [3.8, 4) is 11.5 Å². The number of hydrogen-bond acceptors (Lipinski definition) is 4. The van der Waals surface area contributed by atoms with Crippen LogP contribution in [0.25, 0.3) is 0 Å². The Kier molecular flexibility index (Phi) is 1.45. The lowest BCUT2D eigenvalue weighted by atomic mass is 9.53. The second kappa shape index (κ2) is 4.06. The normalized spacial score (nSPS) is 56.2. The van der Waals surface area contributed by atoms with Gasteiger partial charge >= 0.3 is 0 Å². The molecule has 0 saturated carbocycles. The highest BCUT2D eigenvalue weighted by Crippen LogP contribution is 2.62. The minimum absolute atomic E-state index is 0.0263. The predicted octanol–water partition coefficient (Wildman–Crippen LogP) is 1.50. The second-order valence-electron chi connectivity index (χ2n) is 6.47. The summed E-state index contributed by atoms with van der Waals surface area (Å²) >= 11 is 0. The van der Waals surface area contributed by atoms with Crippen molar-refractivity contribution in [3.63, 3.8) is 0 Å². The minimum Gasteiger partial charge on any atom is -0.493 e. The van der Waals surface area contributed by atoms with E-state index in [1.807, 2.05) is 11.9 Å². The van der Waals surface area contributed by atoms with Crippen LogP contribution in [0, 0.1) is 5.92 Å². The van der Waals surface area contributed by atoms with Crippen LogP contribution in [-0.4, -0.2) is 50.2 Å². The highest BCUT2D eigenvalue weighted by molar-refractivity contribution is 5.62. The fourth-order valence-electron chi connectivity index (χ4n) is 4.67. The Hall–Kier alpha value is -1.52. The van der Waals surface area contributed by atoms with E-state index in [0.717, 1.165) is 5.56 Å². The van der Waals surface area contributed by atoms with Crippen molar-refractivity contribution in [3.05, 3.63) is 35.4 Å². The molecule has 2 bridgehead atoms. The number of piperidine rings is 1. The number of methoxy groups -OCH3 is 1. The molecule has 5 atom stereocenters. The summed E-state index contributed by atoms with van der Waals surface area (Å²) in [5, 5.41) is 4.72. The number of benzene rings is 1. The number of ether oxygens (including phenoxy) is 2. The van der Waals surface area contributed by atoms with Gasteiger partial charge in [0.25, 0.3) is 0 Å². The molecule has 0 aromatic heterocycles. The van der Waals surface area contributed by atoms with Gasteiger partial charge in [0.05, 0.1) is 13.9 Å². The maximum absolute atomic E-state index is 9.29. The molecule has 2 aliphatic heterocycles. The Bertz CT molecular complexity index is 939. The Morgan fingerprint density at radius 3 is 3.36 bits per heavy atom. The lowest BCUT2D eigenvalue weighted by molar-refractivity contribution is -0.0453. The first-order chi connectivity index (χ1) is 13.4. The highest BCUT2D eigenvalue weighted by atomic mass is 16.5. The van der Waals surface area contributed by atoms with E-state index in [2.05, 4.69) is 0 Å². The minimum atomic E-state index is -2.71. The van der Waals surface area contributed by atoms with Gasteiger partial charge in [-0.2, -0.15) is 0 Å². The van der Waals surface area contributed by atoms with Crippen LogP contribution in [0.1, 0.15) is 25.8 Å².